The molecule has 1 heterocycles. The molecule has 0 atom stereocenters. The molecular weight excluding hydrogens is 256 g/mol. The molecule has 5 nitrogen and oxygen atoms in total. The van der Waals surface area contributed by atoms with Crippen LogP contribution in [0.3, 0.4) is 0 Å². The van der Waals surface area contributed by atoms with Gasteiger partial charge in [0.05, 0.1) is 25.8 Å². The van der Waals surface area contributed by atoms with Gasteiger partial charge in [0.25, 0.3) is 0 Å². The molecule has 2 rings (SSSR count). The molecule has 2 N–H and O–H groups in total. The highest BCUT2D eigenvalue weighted by Crippen LogP contribution is 2.29. The van der Waals surface area contributed by atoms with Crippen molar-refractivity contribution in [3.8, 4) is 5.75 Å². The predicted molar refractivity (Wildman–Crippen MR) is 79.4 cm³/mol. The number of rotatable bonds is 6. The third kappa shape index (κ3) is 3.00. The molecule has 108 valence electrons. The molecule has 0 radical (unpaired) electrons. The van der Waals surface area contributed by atoms with Gasteiger partial charge in [-0.3, -0.25) is 4.98 Å². The molecule has 20 heavy (non-hydrogen) atoms. The van der Waals surface area contributed by atoms with Crippen LogP contribution in [0.15, 0.2) is 24.3 Å². The number of anilines is 1. The Balaban J connectivity index is 2.55. The number of fused-ring (bicyclic) bond motifs is 1. The van der Waals surface area contributed by atoms with E-state index in [0.29, 0.717) is 13.1 Å². The number of nitrogens with zero attached hydrogens (tertiary/aromatic N) is 2. The fourth-order valence-electron chi connectivity index (χ4n) is 2.30. The number of pyridine rings is 1. The molecule has 0 unspecified atom stereocenters. The summed E-state index contributed by atoms with van der Waals surface area (Å²) in [6, 6.07) is 7.71. The summed E-state index contributed by atoms with van der Waals surface area (Å²) in [5.74, 6) is 0.761. The summed E-state index contributed by atoms with van der Waals surface area (Å²) in [4.78, 5) is 6.48. The molecule has 0 aliphatic rings. The van der Waals surface area contributed by atoms with Gasteiger partial charge < -0.3 is 19.8 Å². The molecule has 0 saturated carbocycles. The Bertz CT molecular complexity index is 581. The molecule has 0 bridgehead atoms. The Morgan fingerprint density at radius 3 is 2.45 bits per heavy atom. The lowest BCUT2D eigenvalue weighted by Crippen LogP contribution is -2.30. The number of aliphatic hydroxyl groups excluding tert-OH is 2. The van der Waals surface area contributed by atoms with Gasteiger partial charge in [-0.05, 0) is 25.1 Å². The highest BCUT2D eigenvalue weighted by atomic mass is 16.5. The Morgan fingerprint density at radius 1 is 1.15 bits per heavy atom. The Labute approximate surface area is 118 Å². The van der Waals surface area contributed by atoms with Crippen molar-refractivity contribution in [2.75, 3.05) is 38.3 Å². The minimum atomic E-state index is 0.0407. The summed E-state index contributed by atoms with van der Waals surface area (Å²) in [5, 5.41) is 19.4. The number of hydrogen-bond donors (Lipinski definition) is 2. The van der Waals surface area contributed by atoms with Crippen molar-refractivity contribution < 1.29 is 14.9 Å². The van der Waals surface area contributed by atoms with E-state index >= 15 is 0 Å². The molecule has 0 amide bonds. The monoisotopic (exact) mass is 276 g/mol. The van der Waals surface area contributed by atoms with Crippen LogP contribution in [-0.2, 0) is 0 Å². The molecule has 0 spiro atoms. The Hall–Kier alpha value is -1.85. The summed E-state index contributed by atoms with van der Waals surface area (Å²) in [7, 11) is 1.63. The van der Waals surface area contributed by atoms with Crippen LogP contribution in [0.1, 0.15) is 5.69 Å². The van der Waals surface area contributed by atoms with Crippen LogP contribution < -0.4 is 9.64 Å². The lowest BCUT2D eigenvalue weighted by Gasteiger charge is -2.25. The number of aromatic nitrogens is 1. The second-order valence-electron chi connectivity index (χ2n) is 4.60. The highest BCUT2D eigenvalue weighted by molar-refractivity contribution is 5.92. The van der Waals surface area contributed by atoms with Gasteiger partial charge in [-0.25, -0.2) is 0 Å². The van der Waals surface area contributed by atoms with E-state index in [4.69, 9.17) is 4.74 Å². The van der Waals surface area contributed by atoms with E-state index in [2.05, 4.69) is 4.98 Å². The zero-order valence-electron chi connectivity index (χ0n) is 11.8. The SMILES string of the molecule is COc1ccc2c(N(CCO)CCO)cc(C)nc2c1. The number of aryl methyl sites for hydroxylation is 1. The molecule has 0 aliphatic heterocycles. The molecule has 0 saturated heterocycles. The first-order valence-electron chi connectivity index (χ1n) is 6.61. The van der Waals surface area contributed by atoms with Crippen molar-refractivity contribution in [1.82, 2.24) is 4.98 Å². The number of benzene rings is 1. The third-order valence-electron chi connectivity index (χ3n) is 3.20. The van der Waals surface area contributed by atoms with E-state index < -0.39 is 0 Å². The minimum absolute atomic E-state index is 0.0407. The van der Waals surface area contributed by atoms with Gasteiger partial charge in [0.2, 0.25) is 0 Å². The minimum Gasteiger partial charge on any atom is -0.497 e. The van der Waals surface area contributed by atoms with Crippen LogP contribution in [0.2, 0.25) is 0 Å². The molecule has 0 fully saturated rings. The first kappa shape index (κ1) is 14.6. The zero-order chi connectivity index (χ0) is 14.5. The standard InChI is InChI=1S/C15H20N2O3/c1-11-9-15(17(5-7-18)6-8-19)13-4-3-12(20-2)10-14(13)16-11/h3-4,9-10,18-19H,5-8H2,1-2H3. The first-order chi connectivity index (χ1) is 9.69. The Kier molecular flexibility index (Phi) is 4.76. The molecule has 1 aromatic carbocycles. The van der Waals surface area contributed by atoms with Gasteiger partial charge in [-0.2, -0.15) is 0 Å². The highest BCUT2D eigenvalue weighted by Gasteiger charge is 2.12. The van der Waals surface area contributed by atoms with E-state index in [1.54, 1.807) is 7.11 Å². The van der Waals surface area contributed by atoms with Crippen molar-refractivity contribution in [2.45, 2.75) is 6.92 Å². The molecular formula is C15H20N2O3. The van der Waals surface area contributed by atoms with Gasteiger partial charge in [-0.1, -0.05) is 0 Å². The first-order valence-corrected chi connectivity index (χ1v) is 6.61. The second kappa shape index (κ2) is 6.54. The van der Waals surface area contributed by atoms with Gasteiger partial charge in [0, 0.05) is 35.9 Å². The van der Waals surface area contributed by atoms with Crippen molar-refractivity contribution in [1.29, 1.82) is 0 Å². The van der Waals surface area contributed by atoms with E-state index in [-0.39, 0.29) is 13.2 Å². The van der Waals surface area contributed by atoms with Crippen LogP contribution in [-0.4, -0.2) is 48.6 Å². The maximum Gasteiger partial charge on any atom is 0.121 e. The summed E-state index contributed by atoms with van der Waals surface area (Å²) in [5.41, 5.74) is 2.71. The van der Waals surface area contributed by atoms with Gasteiger partial charge >= 0.3 is 0 Å². The maximum absolute atomic E-state index is 9.19. The van der Waals surface area contributed by atoms with E-state index in [1.807, 2.05) is 36.1 Å². The van der Waals surface area contributed by atoms with Crippen LogP contribution in [0, 0.1) is 6.92 Å². The van der Waals surface area contributed by atoms with E-state index in [9.17, 15) is 10.2 Å². The van der Waals surface area contributed by atoms with Crippen molar-refractivity contribution >= 4 is 16.6 Å². The third-order valence-corrected chi connectivity index (χ3v) is 3.20. The van der Waals surface area contributed by atoms with Crippen molar-refractivity contribution in [3.63, 3.8) is 0 Å². The average molecular weight is 276 g/mol. The number of aliphatic hydroxyl groups is 2. The van der Waals surface area contributed by atoms with Gasteiger partial charge in [0.15, 0.2) is 0 Å². The van der Waals surface area contributed by atoms with Crippen LogP contribution in [0.25, 0.3) is 10.9 Å². The van der Waals surface area contributed by atoms with Crippen molar-refractivity contribution in [2.24, 2.45) is 0 Å². The Morgan fingerprint density at radius 2 is 1.85 bits per heavy atom. The summed E-state index contributed by atoms with van der Waals surface area (Å²) < 4.78 is 5.22. The lowest BCUT2D eigenvalue weighted by atomic mass is 10.1. The quantitative estimate of drug-likeness (QED) is 0.833. The average Bonchev–Trinajstić information content (AvgIpc) is 2.45. The molecule has 1 aromatic heterocycles. The van der Waals surface area contributed by atoms with Gasteiger partial charge in [0.1, 0.15) is 5.75 Å². The van der Waals surface area contributed by atoms with Crippen LogP contribution >= 0.6 is 0 Å². The van der Waals surface area contributed by atoms with Crippen molar-refractivity contribution in [3.05, 3.63) is 30.0 Å². The van der Waals surface area contributed by atoms with Gasteiger partial charge in [-0.15, -0.1) is 0 Å². The topological polar surface area (TPSA) is 65.8 Å². The zero-order valence-corrected chi connectivity index (χ0v) is 11.8. The van der Waals surface area contributed by atoms with E-state index in [0.717, 1.165) is 28.0 Å². The molecule has 0 aliphatic carbocycles. The molecule has 2 aromatic rings. The fourth-order valence-corrected chi connectivity index (χ4v) is 2.30. The smallest absolute Gasteiger partial charge is 0.121 e. The summed E-state index contributed by atoms with van der Waals surface area (Å²) >= 11 is 0. The number of methoxy groups -OCH3 is 1. The van der Waals surface area contributed by atoms with Crippen LogP contribution in [0.4, 0.5) is 5.69 Å². The van der Waals surface area contributed by atoms with E-state index in [1.165, 1.54) is 0 Å². The number of hydrogen-bond acceptors (Lipinski definition) is 5. The maximum atomic E-state index is 9.19. The lowest BCUT2D eigenvalue weighted by molar-refractivity contribution is 0.281. The summed E-state index contributed by atoms with van der Waals surface area (Å²) in [6.07, 6.45) is 0. The van der Waals surface area contributed by atoms with Crippen LogP contribution in [0.5, 0.6) is 5.75 Å². The molecule has 5 heteroatoms. The summed E-state index contributed by atoms with van der Waals surface area (Å²) in [6.45, 7) is 2.97. The number of ether oxygens (including phenoxy) is 1. The predicted octanol–water partition coefficient (Wildman–Crippen LogP) is 1.34. The normalized spacial score (nSPS) is 10.8. The largest absolute Gasteiger partial charge is 0.497 e. The second-order valence-corrected chi connectivity index (χ2v) is 4.60. The fraction of sp³-hybridized carbons (Fsp3) is 0.400.